The second kappa shape index (κ2) is 8.23. The van der Waals surface area contributed by atoms with Gasteiger partial charge in [0.15, 0.2) is 0 Å². The Morgan fingerprint density at radius 1 is 1.24 bits per heavy atom. The molecule has 0 bridgehead atoms. The zero-order valence-corrected chi connectivity index (χ0v) is 17.3. The van der Waals surface area contributed by atoms with Crippen LogP contribution >= 0.6 is 23.1 Å². The number of rotatable bonds is 4. The fourth-order valence-corrected chi connectivity index (χ4v) is 5.12. The molecule has 3 heterocycles. The van der Waals surface area contributed by atoms with Crippen LogP contribution in [0.25, 0.3) is 10.2 Å². The first kappa shape index (κ1) is 20.0. The first-order chi connectivity index (χ1) is 13.9. The molecule has 9 heteroatoms. The Morgan fingerprint density at radius 3 is 2.72 bits per heavy atom. The first-order valence-corrected chi connectivity index (χ1v) is 11.0. The van der Waals surface area contributed by atoms with E-state index in [2.05, 4.69) is 10.3 Å². The Balaban J connectivity index is 1.64. The summed E-state index contributed by atoms with van der Waals surface area (Å²) in [5, 5.41) is 3.29. The maximum Gasteiger partial charge on any atom is 0.288 e. The molecule has 4 rings (SSSR count). The Bertz CT molecular complexity index is 1120. The van der Waals surface area contributed by atoms with Gasteiger partial charge in [-0.05, 0) is 49.6 Å². The summed E-state index contributed by atoms with van der Waals surface area (Å²) in [6, 6.07) is 6.24. The molecular weight excluding hydrogens is 416 g/mol. The number of fused-ring (bicyclic) bond motifs is 2. The number of thioether (sulfide) groups is 1. The number of thiophene rings is 1. The number of nitrogens with one attached hydrogen (secondary N) is 1. The number of hydrogen-bond acceptors (Lipinski definition) is 5. The second-order valence-electron chi connectivity index (χ2n) is 6.89. The van der Waals surface area contributed by atoms with E-state index in [0.29, 0.717) is 49.5 Å². The van der Waals surface area contributed by atoms with Gasteiger partial charge in [0.25, 0.3) is 17.2 Å². The van der Waals surface area contributed by atoms with Crippen molar-refractivity contribution in [3.63, 3.8) is 0 Å². The molecule has 1 aromatic carbocycles. The van der Waals surface area contributed by atoms with E-state index >= 15 is 0 Å². The molecule has 0 atom stereocenters. The summed E-state index contributed by atoms with van der Waals surface area (Å²) in [6.07, 6.45) is 3.82. The molecule has 29 heavy (non-hydrogen) atoms. The fourth-order valence-electron chi connectivity index (χ4n) is 3.53. The van der Waals surface area contributed by atoms with Crippen LogP contribution in [-0.4, -0.2) is 21.2 Å². The lowest BCUT2D eigenvalue weighted by molar-refractivity contribution is 0.103. The SMILES string of the molecule is Cc1c(C(=O)Nc2ccc(SC(F)F)cc2)sc2nc3n(c(=O)c12)CCCCC3. The number of benzene rings is 1. The highest BCUT2D eigenvalue weighted by atomic mass is 32.2. The van der Waals surface area contributed by atoms with Crippen LogP contribution in [0.1, 0.15) is 40.3 Å². The predicted octanol–water partition coefficient (Wildman–Crippen LogP) is 5.06. The molecule has 5 nitrogen and oxygen atoms in total. The largest absolute Gasteiger partial charge is 0.321 e. The van der Waals surface area contributed by atoms with Crippen LogP contribution in [0.4, 0.5) is 14.5 Å². The van der Waals surface area contributed by atoms with Crippen LogP contribution in [0.2, 0.25) is 0 Å². The van der Waals surface area contributed by atoms with Crippen molar-refractivity contribution in [2.75, 3.05) is 5.32 Å². The third-order valence-corrected chi connectivity index (χ3v) is 6.86. The van der Waals surface area contributed by atoms with Crippen molar-refractivity contribution >= 4 is 44.9 Å². The predicted molar refractivity (Wildman–Crippen MR) is 112 cm³/mol. The molecule has 1 aliphatic rings. The number of aromatic nitrogens is 2. The number of nitrogens with zero attached hydrogens (tertiary/aromatic N) is 2. The summed E-state index contributed by atoms with van der Waals surface area (Å²) >= 11 is 1.67. The highest BCUT2D eigenvalue weighted by molar-refractivity contribution is 7.99. The summed E-state index contributed by atoms with van der Waals surface area (Å²) in [7, 11) is 0. The second-order valence-corrected chi connectivity index (χ2v) is 8.95. The minimum Gasteiger partial charge on any atom is -0.321 e. The Labute approximate surface area is 174 Å². The van der Waals surface area contributed by atoms with Crippen molar-refractivity contribution in [2.45, 2.75) is 49.8 Å². The zero-order valence-electron chi connectivity index (χ0n) is 15.7. The first-order valence-electron chi connectivity index (χ1n) is 9.33. The van der Waals surface area contributed by atoms with Crippen LogP contribution in [0.3, 0.4) is 0 Å². The van der Waals surface area contributed by atoms with Gasteiger partial charge in [-0.2, -0.15) is 8.78 Å². The van der Waals surface area contributed by atoms with Crippen LogP contribution in [0.15, 0.2) is 34.0 Å². The van der Waals surface area contributed by atoms with Crippen molar-refractivity contribution in [1.29, 1.82) is 0 Å². The van der Waals surface area contributed by atoms with E-state index in [4.69, 9.17) is 0 Å². The molecule has 0 aliphatic carbocycles. The Hall–Kier alpha value is -2.26. The van der Waals surface area contributed by atoms with Gasteiger partial charge in [-0.1, -0.05) is 18.2 Å². The van der Waals surface area contributed by atoms with Gasteiger partial charge in [0, 0.05) is 23.5 Å². The van der Waals surface area contributed by atoms with Gasteiger partial charge in [0.2, 0.25) is 0 Å². The van der Waals surface area contributed by atoms with E-state index in [1.165, 1.54) is 23.5 Å². The highest BCUT2D eigenvalue weighted by Crippen LogP contribution is 2.30. The summed E-state index contributed by atoms with van der Waals surface area (Å²) in [5.74, 6) is -2.03. The number of aryl methyl sites for hydroxylation is 2. The summed E-state index contributed by atoms with van der Waals surface area (Å²) < 4.78 is 26.6. The van der Waals surface area contributed by atoms with Gasteiger partial charge in [0.1, 0.15) is 10.7 Å². The number of amides is 1. The average molecular weight is 436 g/mol. The molecular formula is C20H19F2N3O2S2. The lowest BCUT2D eigenvalue weighted by Gasteiger charge is -2.08. The third kappa shape index (κ3) is 4.06. The Morgan fingerprint density at radius 2 is 2.00 bits per heavy atom. The fraction of sp³-hybridized carbons (Fsp3) is 0.350. The molecule has 1 N–H and O–H groups in total. The minimum atomic E-state index is -2.49. The quantitative estimate of drug-likeness (QED) is 0.582. The number of anilines is 1. The molecule has 0 saturated carbocycles. The van der Waals surface area contributed by atoms with Crippen LogP contribution in [-0.2, 0) is 13.0 Å². The molecule has 0 radical (unpaired) electrons. The van der Waals surface area contributed by atoms with Gasteiger partial charge in [-0.25, -0.2) is 4.98 Å². The topological polar surface area (TPSA) is 64.0 Å². The van der Waals surface area contributed by atoms with Crippen LogP contribution < -0.4 is 10.9 Å². The highest BCUT2D eigenvalue weighted by Gasteiger charge is 2.22. The average Bonchev–Trinajstić information content (AvgIpc) is 2.85. The van der Waals surface area contributed by atoms with Crippen molar-refractivity contribution in [3.05, 3.63) is 50.9 Å². The smallest absolute Gasteiger partial charge is 0.288 e. The lowest BCUT2D eigenvalue weighted by atomic mass is 10.2. The molecule has 1 amide bonds. The number of carbonyl (C=O) groups is 1. The number of alkyl halides is 2. The molecule has 0 spiro atoms. The number of hydrogen-bond donors (Lipinski definition) is 1. The maximum atomic E-state index is 13.0. The van der Waals surface area contributed by atoms with Gasteiger partial charge in [-0.3, -0.25) is 14.2 Å². The molecule has 0 unspecified atom stereocenters. The van der Waals surface area contributed by atoms with E-state index < -0.39 is 5.76 Å². The van der Waals surface area contributed by atoms with Crippen molar-refractivity contribution in [1.82, 2.24) is 9.55 Å². The van der Waals surface area contributed by atoms with Crippen molar-refractivity contribution in [3.8, 4) is 0 Å². The lowest BCUT2D eigenvalue weighted by Crippen LogP contribution is -2.24. The van der Waals surface area contributed by atoms with Crippen LogP contribution in [0.5, 0.6) is 0 Å². The van der Waals surface area contributed by atoms with Gasteiger partial charge in [-0.15, -0.1) is 11.3 Å². The van der Waals surface area contributed by atoms with Crippen molar-refractivity contribution in [2.24, 2.45) is 0 Å². The molecule has 0 saturated heterocycles. The molecule has 3 aromatic rings. The van der Waals surface area contributed by atoms with E-state index in [9.17, 15) is 18.4 Å². The van der Waals surface area contributed by atoms with E-state index in [0.717, 1.165) is 31.5 Å². The van der Waals surface area contributed by atoms with Gasteiger partial charge in [0.05, 0.1) is 10.3 Å². The Kier molecular flexibility index (Phi) is 5.69. The maximum absolute atomic E-state index is 13.0. The summed E-state index contributed by atoms with van der Waals surface area (Å²) in [5.41, 5.74) is 1.06. The van der Waals surface area contributed by atoms with Gasteiger partial charge < -0.3 is 5.32 Å². The van der Waals surface area contributed by atoms with E-state index in [1.807, 2.05) is 0 Å². The zero-order chi connectivity index (χ0) is 20.5. The summed E-state index contributed by atoms with van der Waals surface area (Å²) in [4.78, 5) is 31.9. The van der Waals surface area contributed by atoms with Gasteiger partial charge >= 0.3 is 0 Å². The number of carbonyl (C=O) groups excluding carboxylic acids is 1. The van der Waals surface area contributed by atoms with E-state index in [1.54, 1.807) is 23.6 Å². The normalized spacial score (nSPS) is 14.1. The third-order valence-electron chi connectivity index (χ3n) is 4.96. The minimum absolute atomic E-state index is 0.0759. The monoisotopic (exact) mass is 435 g/mol. The summed E-state index contributed by atoms with van der Waals surface area (Å²) in [6.45, 7) is 2.43. The molecule has 2 aromatic heterocycles. The number of halogens is 2. The standard InChI is InChI=1S/C20H19F2N3O2S2/c1-11-15-18(24-14-5-3-2-4-10-25(14)19(15)27)29-16(11)17(26)23-12-6-8-13(9-7-12)28-20(21)22/h6-9,20H,2-5,10H2,1H3,(H,23,26). The van der Waals surface area contributed by atoms with E-state index in [-0.39, 0.29) is 11.5 Å². The molecule has 152 valence electrons. The van der Waals surface area contributed by atoms with Crippen LogP contribution in [0, 0.1) is 6.92 Å². The van der Waals surface area contributed by atoms with Crippen molar-refractivity contribution < 1.29 is 13.6 Å². The molecule has 0 fully saturated rings. The molecule has 1 aliphatic heterocycles.